The highest BCUT2D eigenvalue weighted by Gasteiger charge is 2.21. The van der Waals surface area contributed by atoms with Crippen molar-refractivity contribution in [2.45, 2.75) is 37.8 Å². The van der Waals surface area contributed by atoms with Gasteiger partial charge in [-0.15, -0.1) is 0 Å². The van der Waals surface area contributed by atoms with Crippen molar-refractivity contribution in [3.63, 3.8) is 0 Å². The zero-order chi connectivity index (χ0) is 9.10. The third-order valence-corrected chi connectivity index (χ3v) is 2.81. The molecule has 1 saturated carbocycles. The van der Waals surface area contributed by atoms with Gasteiger partial charge in [-0.3, -0.25) is 0 Å². The summed E-state index contributed by atoms with van der Waals surface area (Å²) in [4.78, 5) is 11.4. The molecule has 1 saturated heterocycles. The Morgan fingerprint density at radius 3 is 2.23 bits per heavy atom. The normalized spacial score (nSPS) is 24.0. The van der Waals surface area contributed by atoms with E-state index in [0.29, 0.717) is 12.1 Å². The SMILES string of the molecule is O=C(NC1CCCC1)NC1CNC1. The second kappa shape index (κ2) is 3.96. The first-order chi connectivity index (χ1) is 6.34. The number of amides is 2. The molecule has 1 aliphatic carbocycles. The highest BCUT2D eigenvalue weighted by Crippen LogP contribution is 2.17. The van der Waals surface area contributed by atoms with Gasteiger partial charge in [-0.25, -0.2) is 4.79 Å². The lowest BCUT2D eigenvalue weighted by molar-refractivity contribution is 0.227. The number of urea groups is 1. The molecule has 2 rings (SSSR count). The Morgan fingerprint density at radius 2 is 1.69 bits per heavy atom. The largest absolute Gasteiger partial charge is 0.335 e. The van der Waals surface area contributed by atoms with Gasteiger partial charge < -0.3 is 16.0 Å². The van der Waals surface area contributed by atoms with E-state index in [1.165, 1.54) is 12.8 Å². The van der Waals surface area contributed by atoms with E-state index in [2.05, 4.69) is 16.0 Å². The zero-order valence-electron chi connectivity index (χ0n) is 7.81. The molecule has 1 heterocycles. The molecule has 2 aliphatic rings. The lowest BCUT2D eigenvalue weighted by Gasteiger charge is -2.28. The van der Waals surface area contributed by atoms with E-state index >= 15 is 0 Å². The van der Waals surface area contributed by atoms with Crippen LogP contribution in [-0.4, -0.2) is 31.2 Å². The first kappa shape index (κ1) is 8.81. The summed E-state index contributed by atoms with van der Waals surface area (Å²) in [5.41, 5.74) is 0. The minimum atomic E-state index is 0.0124. The maximum absolute atomic E-state index is 11.4. The van der Waals surface area contributed by atoms with Crippen LogP contribution in [0.4, 0.5) is 4.79 Å². The third-order valence-electron chi connectivity index (χ3n) is 2.81. The van der Waals surface area contributed by atoms with Crippen LogP contribution in [0.25, 0.3) is 0 Å². The lowest BCUT2D eigenvalue weighted by atomic mass is 10.2. The molecule has 0 radical (unpaired) electrons. The van der Waals surface area contributed by atoms with Crippen LogP contribution in [0.15, 0.2) is 0 Å². The number of carbonyl (C=O) groups excluding carboxylic acids is 1. The quantitative estimate of drug-likeness (QED) is 0.573. The Morgan fingerprint density at radius 1 is 1.08 bits per heavy atom. The van der Waals surface area contributed by atoms with Gasteiger partial charge in [0.1, 0.15) is 0 Å². The average molecular weight is 183 g/mol. The van der Waals surface area contributed by atoms with Gasteiger partial charge in [0.25, 0.3) is 0 Å². The van der Waals surface area contributed by atoms with Gasteiger partial charge in [0, 0.05) is 19.1 Å². The summed E-state index contributed by atoms with van der Waals surface area (Å²) in [6.45, 7) is 1.83. The number of rotatable bonds is 2. The Balaban J connectivity index is 1.64. The predicted octanol–water partition coefficient (Wildman–Crippen LogP) is 0.200. The molecular formula is C9H17N3O. The van der Waals surface area contributed by atoms with Gasteiger partial charge in [0.05, 0.1) is 6.04 Å². The predicted molar refractivity (Wildman–Crippen MR) is 50.6 cm³/mol. The van der Waals surface area contributed by atoms with E-state index in [1.54, 1.807) is 0 Å². The molecule has 74 valence electrons. The molecule has 0 unspecified atom stereocenters. The van der Waals surface area contributed by atoms with Crippen LogP contribution in [0.3, 0.4) is 0 Å². The first-order valence-electron chi connectivity index (χ1n) is 5.12. The van der Waals surface area contributed by atoms with Crippen molar-refractivity contribution in [3.8, 4) is 0 Å². The van der Waals surface area contributed by atoms with E-state index in [9.17, 15) is 4.79 Å². The van der Waals surface area contributed by atoms with E-state index in [0.717, 1.165) is 25.9 Å². The van der Waals surface area contributed by atoms with Gasteiger partial charge in [-0.2, -0.15) is 0 Å². The van der Waals surface area contributed by atoms with Crippen molar-refractivity contribution in [1.29, 1.82) is 0 Å². The molecule has 2 amide bonds. The van der Waals surface area contributed by atoms with E-state index in [-0.39, 0.29) is 6.03 Å². The summed E-state index contributed by atoms with van der Waals surface area (Å²) in [5, 5.41) is 9.05. The lowest BCUT2D eigenvalue weighted by Crippen LogP contribution is -2.59. The molecule has 4 heteroatoms. The summed E-state index contributed by atoms with van der Waals surface area (Å²) < 4.78 is 0. The summed E-state index contributed by atoms with van der Waals surface area (Å²) in [6.07, 6.45) is 4.82. The molecule has 0 atom stereocenters. The summed E-state index contributed by atoms with van der Waals surface area (Å²) in [7, 11) is 0. The summed E-state index contributed by atoms with van der Waals surface area (Å²) in [5.74, 6) is 0. The molecule has 1 aliphatic heterocycles. The van der Waals surface area contributed by atoms with Gasteiger partial charge >= 0.3 is 6.03 Å². The molecule has 0 aromatic heterocycles. The van der Waals surface area contributed by atoms with Gasteiger partial charge in [0.15, 0.2) is 0 Å². The van der Waals surface area contributed by atoms with Gasteiger partial charge in [0.2, 0.25) is 0 Å². The topological polar surface area (TPSA) is 53.2 Å². The summed E-state index contributed by atoms with van der Waals surface area (Å²) >= 11 is 0. The monoisotopic (exact) mass is 183 g/mol. The van der Waals surface area contributed by atoms with Crippen molar-refractivity contribution >= 4 is 6.03 Å². The minimum Gasteiger partial charge on any atom is -0.335 e. The number of carbonyl (C=O) groups is 1. The molecule has 0 aromatic rings. The minimum absolute atomic E-state index is 0.0124. The van der Waals surface area contributed by atoms with Crippen molar-refractivity contribution < 1.29 is 4.79 Å². The maximum Gasteiger partial charge on any atom is 0.315 e. The first-order valence-corrected chi connectivity index (χ1v) is 5.12. The van der Waals surface area contributed by atoms with Crippen LogP contribution >= 0.6 is 0 Å². The van der Waals surface area contributed by atoms with E-state index < -0.39 is 0 Å². The highest BCUT2D eigenvalue weighted by atomic mass is 16.2. The van der Waals surface area contributed by atoms with Crippen molar-refractivity contribution in [3.05, 3.63) is 0 Å². The molecule has 0 aromatic carbocycles. The Kier molecular flexibility index (Phi) is 2.68. The fraction of sp³-hybridized carbons (Fsp3) is 0.889. The van der Waals surface area contributed by atoms with Crippen molar-refractivity contribution in [2.75, 3.05) is 13.1 Å². The van der Waals surface area contributed by atoms with Crippen molar-refractivity contribution in [1.82, 2.24) is 16.0 Å². The Bertz CT molecular complexity index is 185. The van der Waals surface area contributed by atoms with Crippen LogP contribution in [0.5, 0.6) is 0 Å². The number of hydrogen-bond acceptors (Lipinski definition) is 2. The van der Waals surface area contributed by atoms with Crippen LogP contribution in [-0.2, 0) is 0 Å². The van der Waals surface area contributed by atoms with Crippen molar-refractivity contribution in [2.24, 2.45) is 0 Å². The smallest absolute Gasteiger partial charge is 0.315 e. The maximum atomic E-state index is 11.4. The Labute approximate surface area is 78.5 Å². The van der Waals surface area contributed by atoms with E-state index in [1.807, 2.05) is 0 Å². The Hall–Kier alpha value is -0.770. The van der Waals surface area contributed by atoms with Gasteiger partial charge in [-0.1, -0.05) is 12.8 Å². The second-order valence-corrected chi connectivity index (χ2v) is 3.95. The average Bonchev–Trinajstić information content (AvgIpc) is 2.49. The number of hydrogen-bond donors (Lipinski definition) is 3. The molecule has 2 fully saturated rings. The standard InChI is InChI=1S/C9H17N3O/c13-9(12-8-5-10-6-8)11-7-3-1-2-4-7/h7-8,10H,1-6H2,(H2,11,12,13). The molecule has 0 spiro atoms. The molecule has 13 heavy (non-hydrogen) atoms. The fourth-order valence-corrected chi connectivity index (χ4v) is 1.87. The highest BCUT2D eigenvalue weighted by molar-refractivity contribution is 5.74. The van der Waals surface area contributed by atoms with Crippen LogP contribution < -0.4 is 16.0 Å². The van der Waals surface area contributed by atoms with Crippen LogP contribution in [0.2, 0.25) is 0 Å². The second-order valence-electron chi connectivity index (χ2n) is 3.95. The van der Waals surface area contributed by atoms with Crippen LogP contribution in [0, 0.1) is 0 Å². The van der Waals surface area contributed by atoms with Gasteiger partial charge in [-0.05, 0) is 12.8 Å². The number of nitrogens with one attached hydrogen (secondary N) is 3. The molecular weight excluding hydrogens is 166 g/mol. The van der Waals surface area contributed by atoms with E-state index in [4.69, 9.17) is 0 Å². The molecule has 4 nitrogen and oxygen atoms in total. The van der Waals surface area contributed by atoms with Crippen LogP contribution in [0.1, 0.15) is 25.7 Å². The zero-order valence-corrected chi connectivity index (χ0v) is 7.81. The molecule has 0 bridgehead atoms. The third kappa shape index (κ3) is 2.34. The summed E-state index contributed by atoms with van der Waals surface area (Å²) in [6, 6.07) is 0.785. The fourth-order valence-electron chi connectivity index (χ4n) is 1.87. The molecule has 3 N–H and O–H groups in total.